The lowest BCUT2D eigenvalue weighted by molar-refractivity contribution is 0.0332. The molecule has 0 aromatic carbocycles. The molecule has 0 aromatic heterocycles. The third kappa shape index (κ3) is 2.23. The van der Waals surface area contributed by atoms with Crippen LogP contribution in [-0.2, 0) is 0 Å². The van der Waals surface area contributed by atoms with E-state index in [1.54, 1.807) is 5.57 Å². The van der Waals surface area contributed by atoms with E-state index < -0.39 is 0 Å². The fraction of sp³-hybridized carbons (Fsp3) is 0.826. The quantitative estimate of drug-likeness (QED) is 0.670. The van der Waals surface area contributed by atoms with Gasteiger partial charge in [0.25, 0.3) is 0 Å². The second-order valence-corrected chi connectivity index (χ2v) is 9.89. The van der Waals surface area contributed by atoms with Crippen LogP contribution in [-0.4, -0.2) is 11.2 Å². The number of rotatable bonds is 2. The summed E-state index contributed by atoms with van der Waals surface area (Å²) in [5.74, 6) is 3.35. The lowest BCUT2D eigenvalue weighted by atomic mass is 9.50. The molecule has 0 aromatic rings. The van der Waals surface area contributed by atoms with E-state index in [0.29, 0.717) is 10.8 Å². The summed E-state index contributed by atoms with van der Waals surface area (Å²) in [5, 5.41) is 10.1. The zero-order valence-corrected chi connectivity index (χ0v) is 16.1. The van der Waals surface area contributed by atoms with Crippen molar-refractivity contribution in [2.24, 2.45) is 34.5 Å². The number of allylic oxidation sites excluding steroid dienone is 3. The molecule has 6 unspecified atom stereocenters. The van der Waals surface area contributed by atoms with Gasteiger partial charge in [-0.25, -0.2) is 0 Å². The fourth-order valence-corrected chi connectivity index (χ4v) is 7.24. The number of hydrogen-bond acceptors (Lipinski definition) is 1. The van der Waals surface area contributed by atoms with E-state index in [-0.39, 0.29) is 6.10 Å². The summed E-state index contributed by atoms with van der Waals surface area (Å²) in [6.07, 6.45) is 14.9. The van der Waals surface area contributed by atoms with Gasteiger partial charge < -0.3 is 5.11 Å². The first-order chi connectivity index (χ1) is 11.4. The maximum Gasteiger partial charge on any atom is 0.0578 e. The Balaban J connectivity index is 1.68. The van der Waals surface area contributed by atoms with Crippen LogP contribution in [0.5, 0.6) is 0 Å². The lowest BCUT2D eigenvalue weighted by Crippen LogP contribution is -2.46. The molecule has 0 saturated heterocycles. The molecule has 4 aliphatic carbocycles. The zero-order chi connectivity index (χ0) is 17.1. The fourth-order valence-electron chi connectivity index (χ4n) is 7.24. The highest BCUT2D eigenvalue weighted by molar-refractivity contribution is 5.38. The Morgan fingerprint density at radius 3 is 2.62 bits per heavy atom. The Morgan fingerprint density at radius 1 is 1.08 bits per heavy atom. The Hall–Kier alpha value is -0.560. The molecule has 0 bridgehead atoms. The van der Waals surface area contributed by atoms with Gasteiger partial charge in [-0.15, -0.1) is 0 Å². The molecule has 1 nitrogen and oxygen atoms in total. The Bertz CT molecular complexity index is 573. The van der Waals surface area contributed by atoms with Gasteiger partial charge in [0.15, 0.2) is 0 Å². The van der Waals surface area contributed by atoms with Gasteiger partial charge in [0.2, 0.25) is 0 Å². The molecule has 1 N–H and O–H groups in total. The van der Waals surface area contributed by atoms with Crippen LogP contribution in [0.25, 0.3) is 0 Å². The van der Waals surface area contributed by atoms with Gasteiger partial charge >= 0.3 is 0 Å². The summed E-state index contributed by atoms with van der Waals surface area (Å²) < 4.78 is 0. The van der Waals surface area contributed by atoms with Gasteiger partial charge in [0, 0.05) is 0 Å². The largest absolute Gasteiger partial charge is 0.393 e. The highest BCUT2D eigenvalue weighted by atomic mass is 16.3. The van der Waals surface area contributed by atoms with Crippen LogP contribution in [0, 0.1) is 34.5 Å². The van der Waals surface area contributed by atoms with Gasteiger partial charge in [-0.1, -0.05) is 57.4 Å². The third-order valence-electron chi connectivity index (χ3n) is 8.95. The molecule has 0 spiro atoms. The minimum atomic E-state index is -0.102. The van der Waals surface area contributed by atoms with E-state index >= 15 is 0 Å². The van der Waals surface area contributed by atoms with Crippen LogP contribution in [0.15, 0.2) is 23.3 Å². The highest BCUT2D eigenvalue weighted by Crippen LogP contribution is 2.66. The van der Waals surface area contributed by atoms with Crippen molar-refractivity contribution in [2.75, 3.05) is 0 Å². The molecular formula is C23H36O. The Kier molecular flexibility index (Phi) is 4.03. The second-order valence-electron chi connectivity index (χ2n) is 9.89. The molecule has 3 saturated carbocycles. The number of fused-ring (bicyclic) bond motifs is 5. The normalized spacial score (nSPS) is 48.7. The maximum absolute atomic E-state index is 10.1. The Morgan fingerprint density at radius 2 is 1.88 bits per heavy atom. The molecule has 0 heterocycles. The van der Waals surface area contributed by atoms with Crippen molar-refractivity contribution in [3.05, 3.63) is 23.3 Å². The van der Waals surface area contributed by atoms with E-state index in [9.17, 15) is 5.11 Å². The second kappa shape index (κ2) is 5.73. The molecular weight excluding hydrogens is 292 g/mol. The van der Waals surface area contributed by atoms with Gasteiger partial charge in [-0.3, -0.25) is 0 Å². The predicted molar refractivity (Wildman–Crippen MR) is 101 cm³/mol. The van der Waals surface area contributed by atoms with Crippen molar-refractivity contribution in [1.29, 1.82) is 0 Å². The minimum absolute atomic E-state index is 0.102. The molecule has 0 radical (unpaired) electrons. The molecule has 1 heteroatoms. The first kappa shape index (κ1) is 16.9. The van der Waals surface area contributed by atoms with Crippen LogP contribution in [0.2, 0.25) is 0 Å². The van der Waals surface area contributed by atoms with Gasteiger partial charge in [0.1, 0.15) is 0 Å². The monoisotopic (exact) mass is 328 g/mol. The lowest BCUT2D eigenvalue weighted by Gasteiger charge is -2.55. The van der Waals surface area contributed by atoms with Crippen LogP contribution in [0.1, 0.15) is 79.1 Å². The van der Waals surface area contributed by atoms with E-state index in [0.717, 1.165) is 36.5 Å². The molecule has 134 valence electrons. The Labute approximate surface area is 148 Å². The zero-order valence-electron chi connectivity index (χ0n) is 16.1. The minimum Gasteiger partial charge on any atom is -0.393 e. The third-order valence-corrected chi connectivity index (χ3v) is 8.95. The van der Waals surface area contributed by atoms with Crippen molar-refractivity contribution in [3.63, 3.8) is 0 Å². The molecule has 7 atom stereocenters. The van der Waals surface area contributed by atoms with Crippen molar-refractivity contribution >= 4 is 0 Å². The van der Waals surface area contributed by atoms with Gasteiger partial charge in [0.05, 0.1) is 6.10 Å². The summed E-state index contributed by atoms with van der Waals surface area (Å²) in [5.41, 5.74) is 4.19. The summed E-state index contributed by atoms with van der Waals surface area (Å²) in [6.45, 7) is 9.98. The topological polar surface area (TPSA) is 20.2 Å². The van der Waals surface area contributed by atoms with Crippen molar-refractivity contribution in [3.8, 4) is 0 Å². The van der Waals surface area contributed by atoms with E-state index in [4.69, 9.17) is 0 Å². The number of aliphatic hydroxyl groups excluding tert-OH is 1. The average molecular weight is 329 g/mol. The van der Waals surface area contributed by atoms with Gasteiger partial charge in [-0.05, 0) is 79.4 Å². The summed E-state index contributed by atoms with van der Waals surface area (Å²) in [7, 11) is 0. The van der Waals surface area contributed by atoms with Crippen molar-refractivity contribution in [2.45, 2.75) is 85.2 Å². The number of aliphatic hydroxyl groups is 1. The smallest absolute Gasteiger partial charge is 0.0578 e. The van der Waals surface area contributed by atoms with Crippen LogP contribution >= 0.6 is 0 Å². The highest BCUT2D eigenvalue weighted by Gasteiger charge is 2.56. The predicted octanol–water partition coefficient (Wildman–Crippen LogP) is 5.89. The van der Waals surface area contributed by atoms with Crippen LogP contribution in [0.4, 0.5) is 0 Å². The molecule has 4 rings (SSSR count). The first-order valence-electron chi connectivity index (χ1n) is 10.5. The molecule has 4 aliphatic rings. The first-order valence-corrected chi connectivity index (χ1v) is 10.5. The number of hydrogen-bond donors (Lipinski definition) is 1. The van der Waals surface area contributed by atoms with E-state index in [2.05, 4.69) is 39.8 Å². The molecule has 24 heavy (non-hydrogen) atoms. The molecule has 0 amide bonds. The van der Waals surface area contributed by atoms with Crippen LogP contribution < -0.4 is 0 Å². The van der Waals surface area contributed by atoms with Gasteiger partial charge in [-0.2, -0.15) is 0 Å². The van der Waals surface area contributed by atoms with Crippen molar-refractivity contribution in [1.82, 2.24) is 0 Å². The summed E-state index contributed by atoms with van der Waals surface area (Å²) in [6, 6.07) is 0. The van der Waals surface area contributed by atoms with E-state index in [1.165, 1.54) is 44.1 Å². The summed E-state index contributed by atoms with van der Waals surface area (Å²) >= 11 is 0. The average Bonchev–Trinajstić information content (AvgIpc) is 2.92. The SMILES string of the molecule is CCC(C)C1CCC2C3=CC=C4C[C@@H](O)CCC4(C)C3CCC21C. The standard InChI is InChI=1S/C23H36O/c1-5-15(2)19-8-9-20-18-7-6-16-14-17(24)10-12-22(16,3)21(18)11-13-23(19,20)4/h6-7,15,17,19-21,24H,5,8-14H2,1-4H3/t15?,17-,19?,20?,21?,22?,23?/m0/s1. The van der Waals surface area contributed by atoms with E-state index in [1.807, 2.05) is 0 Å². The maximum atomic E-state index is 10.1. The molecule has 3 fully saturated rings. The van der Waals surface area contributed by atoms with Crippen LogP contribution in [0.3, 0.4) is 0 Å². The summed E-state index contributed by atoms with van der Waals surface area (Å²) in [4.78, 5) is 0. The van der Waals surface area contributed by atoms with Crippen molar-refractivity contribution < 1.29 is 5.11 Å². The molecule has 0 aliphatic heterocycles.